The molecular weight excluding hydrogens is 442 g/mol. The third kappa shape index (κ3) is 7.12. The standard InChI is InChI=1S/C25H33NO6S/c1-25(2,3)15-24(27)26(16-18-6-7-18)17-19-8-13-22(31-5)23(14-19)32-33(28,29)21-11-9-20(30-4)10-12-21/h8-14,18H,6-7,15-17H2,1-5H3. The Morgan fingerprint density at radius 2 is 1.67 bits per heavy atom. The van der Waals surface area contributed by atoms with Crippen molar-refractivity contribution in [2.75, 3.05) is 20.8 Å². The van der Waals surface area contributed by atoms with Gasteiger partial charge in [-0.1, -0.05) is 26.8 Å². The minimum absolute atomic E-state index is 0.00599. The van der Waals surface area contributed by atoms with E-state index in [4.69, 9.17) is 13.7 Å². The number of hydrogen-bond donors (Lipinski definition) is 0. The number of methoxy groups -OCH3 is 2. The molecule has 0 aromatic heterocycles. The van der Waals surface area contributed by atoms with Crippen LogP contribution in [0.15, 0.2) is 47.4 Å². The zero-order chi connectivity index (χ0) is 24.2. The molecule has 8 heteroatoms. The molecule has 3 rings (SSSR count). The first-order valence-corrected chi connectivity index (χ1v) is 12.4. The van der Waals surface area contributed by atoms with E-state index in [0.29, 0.717) is 36.9 Å². The lowest BCUT2D eigenvalue weighted by atomic mass is 9.91. The summed E-state index contributed by atoms with van der Waals surface area (Å²) in [6.45, 7) is 7.23. The molecule has 33 heavy (non-hydrogen) atoms. The van der Waals surface area contributed by atoms with Gasteiger partial charge in [-0.15, -0.1) is 0 Å². The quantitative estimate of drug-likeness (QED) is 0.466. The van der Waals surface area contributed by atoms with Gasteiger partial charge in [-0.2, -0.15) is 8.42 Å². The van der Waals surface area contributed by atoms with Crippen LogP contribution in [0, 0.1) is 11.3 Å². The van der Waals surface area contributed by atoms with Crippen molar-refractivity contribution in [3.8, 4) is 17.2 Å². The fourth-order valence-electron chi connectivity index (χ4n) is 3.45. The normalized spacial score (nSPS) is 14.0. The van der Waals surface area contributed by atoms with Gasteiger partial charge >= 0.3 is 10.1 Å². The lowest BCUT2D eigenvalue weighted by Crippen LogP contribution is -2.34. The second-order valence-corrected chi connectivity index (χ2v) is 11.2. The fourth-order valence-corrected chi connectivity index (χ4v) is 4.38. The van der Waals surface area contributed by atoms with Crippen LogP contribution < -0.4 is 13.7 Å². The maximum atomic E-state index is 13.0. The van der Waals surface area contributed by atoms with E-state index >= 15 is 0 Å². The van der Waals surface area contributed by atoms with Gasteiger partial charge in [-0.05, 0) is 66.1 Å². The molecule has 2 aromatic carbocycles. The van der Waals surface area contributed by atoms with Gasteiger partial charge in [0.1, 0.15) is 10.6 Å². The van der Waals surface area contributed by atoms with Crippen molar-refractivity contribution in [3.63, 3.8) is 0 Å². The molecule has 1 saturated carbocycles. The fraction of sp³-hybridized carbons (Fsp3) is 0.480. The van der Waals surface area contributed by atoms with Crippen molar-refractivity contribution >= 4 is 16.0 Å². The maximum absolute atomic E-state index is 13.0. The summed E-state index contributed by atoms with van der Waals surface area (Å²) in [5.41, 5.74) is 0.665. The van der Waals surface area contributed by atoms with E-state index in [1.807, 2.05) is 31.7 Å². The first kappa shape index (κ1) is 24.9. The Morgan fingerprint density at radius 3 is 2.21 bits per heavy atom. The Bertz CT molecular complexity index is 1070. The Kier molecular flexibility index (Phi) is 7.57. The summed E-state index contributed by atoms with van der Waals surface area (Å²) < 4.78 is 41.5. The molecule has 0 bridgehead atoms. The second kappa shape index (κ2) is 10.0. The van der Waals surface area contributed by atoms with Crippen molar-refractivity contribution in [1.29, 1.82) is 0 Å². The average molecular weight is 476 g/mol. The van der Waals surface area contributed by atoms with Crippen LogP contribution in [0.1, 0.15) is 45.6 Å². The van der Waals surface area contributed by atoms with Crippen molar-refractivity contribution in [1.82, 2.24) is 4.90 Å². The number of amides is 1. The Hall–Kier alpha value is -2.74. The molecule has 0 saturated heterocycles. The number of hydrogen-bond acceptors (Lipinski definition) is 6. The number of nitrogens with zero attached hydrogens (tertiary/aromatic N) is 1. The highest BCUT2D eigenvalue weighted by molar-refractivity contribution is 7.87. The van der Waals surface area contributed by atoms with Crippen molar-refractivity contribution < 1.29 is 26.9 Å². The topological polar surface area (TPSA) is 82.1 Å². The summed E-state index contributed by atoms with van der Waals surface area (Å²) in [7, 11) is -1.12. The first-order chi connectivity index (χ1) is 15.5. The molecule has 0 unspecified atom stereocenters. The van der Waals surface area contributed by atoms with Gasteiger partial charge in [0.2, 0.25) is 5.91 Å². The molecule has 0 atom stereocenters. The van der Waals surface area contributed by atoms with Gasteiger partial charge in [0.05, 0.1) is 14.2 Å². The van der Waals surface area contributed by atoms with Gasteiger partial charge in [0, 0.05) is 19.5 Å². The van der Waals surface area contributed by atoms with Gasteiger partial charge in [0.25, 0.3) is 0 Å². The predicted molar refractivity (Wildman–Crippen MR) is 126 cm³/mol. The minimum atomic E-state index is -4.08. The van der Waals surface area contributed by atoms with Crippen LogP contribution in [-0.4, -0.2) is 40.0 Å². The van der Waals surface area contributed by atoms with Crippen molar-refractivity contribution in [2.24, 2.45) is 11.3 Å². The zero-order valence-electron chi connectivity index (χ0n) is 20.0. The molecule has 1 fully saturated rings. The smallest absolute Gasteiger partial charge is 0.339 e. The minimum Gasteiger partial charge on any atom is -0.497 e. The molecule has 0 radical (unpaired) electrons. The largest absolute Gasteiger partial charge is 0.497 e. The number of ether oxygens (including phenoxy) is 2. The third-order valence-electron chi connectivity index (χ3n) is 5.36. The van der Waals surface area contributed by atoms with Crippen LogP contribution in [0.25, 0.3) is 0 Å². The molecule has 0 aliphatic heterocycles. The first-order valence-electron chi connectivity index (χ1n) is 11.0. The molecular formula is C25H33NO6S. The highest BCUT2D eigenvalue weighted by atomic mass is 32.2. The zero-order valence-corrected chi connectivity index (χ0v) is 20.8. The van der Waals surface area contributed by atoms with E-state index in [9.17, 15) is 13.2 Å². The summed E-state index contributed by atoms with van der Waals surface area (Å²) in [6.07, 6.45) is 2.72. The average Bonchev–Trinajstić information content (AvgIpc) is 3.56. The number of carbonyl (C=O) groups is 1. The van der Waals surface area contributed by atoms with Gasteiger partial charge in [-0.25, -0.2) is 0 Å². The summed E-state index contributed by atoms with van der Waals surface area (Å²) in [5, 5.41) is 0. The summed E-state index contributed by atoms with van der Waals surface area (Å²) in [6, 6.07) is 11.1. The molecule has 7 nitrogen and oxygen atoms in total. The highest BCUT2D eigenvalue weighted by Gasteiger charge is 2.29. The lowest BCUT2D eigenvalue weighted by molar-refractivity contribution is -0.134. The molecule has 0 N–H and O–H groups in total. The molecule has 1 aliphatic carbocycles. The van der Waals surface area contributed by atoms with E-state index in [1.54, 1.807) is 24.3 Å². The maximum Gasteiger partial charge on any atom is 0.339 e. The van der Waals surface area contributed by atoms with Crippen LogP contribution in [0.2, 0.25) is 0 Å². The molecule has 0 spiro atoms. The lowest BCUT2D eigenvalue weighted by Gasteiger charge is -2.27. The van der Waals surface area contributed by atoms with E-state index in [1.165, 1.54) is 26.4 Å². The Morgan fingerprint density at radius 1 is 1.00 bits per heavy atom. The van der Waals surface area contributed by atoms with Crippen LogP contribution in [0.3, 0.4) is 0 Å². The van der Waals surface area contributed by atoms with Crippen LogP contribution >= 0.6 is 0 Å². The van der Waals surface area contributed by atoms with E-state index in [-0.39, 0.29) is 22.0 Å². The summed E-state index contributed by atoms with van der Waals surface area (Å²) in [4.78, 5) is 14.8. The summed E-state index contributed by atoms with van der Waals surface area (Å²) in [5.74, 6) is 1.56. The van der Waals surface area contributed by atoms with E-state index < -0.39 is 10.1 Å². The van der Waals surface area contributed by atoms with Gasteiger partial charge in [-0.3, -0.25) is 4.79 Å². The summed E-state index contributed by atoms with van der Waals surface area (Å²) >= 11 is 0. The third-order valence-corrected chi connectivity index (χ3v) is 6.61. The molecule has 180 valence electrons. The van der Waals surface area contributed by atoms with E-state index in [0.717, 1.165) is 18.4 Å². The molecule has 1 aliphatic rings. The Labute approximate surface area is 196 Å². The number of benzene rings is 2. The monoisotopic (exact) mass is 475 g/mol. The second-order valence-electron chi connectivity index (χ2n) is 9.65. The molecule has 0 heterocycles. The van der Waals surface area contributed by atoms with Gasteiger partial charge in [0.15, 0.2) is 11.5 Å². The SMILES string of the molecule is COc1ccc(S(=O)(=O)Oc2cc(CN(CC3CC3)C(=O)CC(C)(C)C)ccc2OC)cc1. The van der Waals surface area contributed by atoms with Gasteiger partial charge < -0.3 is 18.6 Å². The van der Waals surface area contributed by atoms with Crippen LogP contribution in [0.5, 0.6) is 17.2 Å². The van der Waals surface area contributed by atoms with Crippen molar-refractivity contribution in [3.05, 3.63) is 48.0 Å². The Balaban J connectivity index is 1.83. The highest BCUT2D eigenvalue weighted by Crippen LogP contribution is 2.34. The van der Waals surface area contributed by atoms with E-state index in [2.05, 4.69) is 0 Å². The predicted octanol–water partition coefficient (Wildman–Crippen LogP) is 4.65. The molecule has 2 aromatic rings. The van der Waals surface area contributed by atoms with Crippen LogP contribution in [0.4, 0.5) is 0 Å². The number of rotatable bonds is 10. The number of carbonyl (C=O) groups excluding carboxylic acids is 1. The van der Waals surface area contributed by atoms with Crippen LogP contribution in [-0.2, 0) is 21.5 Å². The van der Waals surface area contributed by atoms with Crippen molar-refractivity contribution in [2.45, 2.75) is 51.5 Å². The molecule has 1 amide bonds.